The van der Waals surface area contributed by atoms with Crippen molar-refractivity contribution in [1.29, 1.82) is 0 Å². The van der Waals surface area contributed by atoms with Crippen LogP contribution in [-0.2, 0) is 15.9 Å². The maximum Gasteiger partial charge on any atom is 0.157 e. The molecule has 1 aliphatic carbocycles. The number of rotatable bonds is 4. The van der Waals surface area contributed by atoms with Crippen molar-refractivity contribution in [1.82, 2.24) is 0 Å². The quantitative estimate of drug-likeness (QED) is 0.767. The van der Waals surface area contributed by atoms with Gasteiger partial charge in [-0.05, 0) is 55.7 Å². The van der Waals surface area contributed by atoms with E-state index in [2.05, 4.69) is 6.92 Å². The van der Waals surface area contributed by atoms with E-state index < -0.39 is 11.6 Å². The van der Waals surface area contributed by atoms with E-state index in [9.17, 15) is 8.78 Å². The average molecular weight is 338 g/mol. The predicted octanol–water partition coefficient (Wildman–Crippen LogP) is 5.02. The topological polar surface area (TPSA) is 18.5 Å². The van der Waals surface area contributed by atoms with Crippen molar-refractivity contribution in [2.24, 2.45) is 17.8 Å². The summed E-state index contributed by atoms with van der Waals surface area (Å²) in [5.41, 5.74) is 0.736. The smallest absolute Gasteiger partial charge is 0.157 e. The van der Waals surface area contributed by atoms with Gasteiger partial charge in [0, 0.05) is 17.9 Å². The predicted molar refractivity (Wildman–Crippen MR) is 89.7 cm³/mol. The highest BCUT2D eigenvalue weighted by molar-refractivity contribution is 5.25. The minimum Gasteiger partial charge on any atom is -0.352 e. The van der Waals surface area contributed by atoms with Gasteiger partial charge in [0.2, 0.25) is 0 Å². The summed E-state index contributed by atoms with van der Waals surface area (Å²) in [4.78, 5) is 0. The Morgan fingerprint density at radius 3 is 2.12 bits per heavy atom. The highest BCUT2D eigenvalue weighted by Crippen LogP contribution is 2.35. The van der Waals surface area contributed by atoms with Crippen molar-refractivity contribution in [3.8, 4) is 0 Å². The van der Waals surface area contributed by atoms with Crippen molar-refractivity contribution in [3.63, 3.8) is 0 Å². The van der Waals surface area contributed by atoms with Crippen LogP contribution < -0.4 is 0 Å². The Hall–Kier alpha value is -1.00. The Bertz CT molecular complexity index is 522. The number of halogens is 2. The zero-order chi connectivity index (χ0) is 17.1. The molecular weight excluding hydrogens is 310 g/mol. The van der Waals surface area contributed by atoms with Gasteiger partial charge in [-0.1, -0.05) is 19.8 Å². The lowest BCUT2D eigenvalue weighted by atomic mass is 9.76. The fraction of sp³-hybridized carbons (Fsp3) is 0.700. The monoisotopic (exact) mass is 338 g/mol. The van der Waals surface area contributed by atoms with Crippen LogP contribution in [0.15, 0.2) is 12.1 Å². The summed E-state index contributed by atoms with van der Waals surface area (Å²) in [6.45, 7) is 5.28. The molecule has 0 radical (unpaired) electrons. The van der Waals surface area contributed by atoms with Crippen molar-refractivity contribution in [3.05, 3.63) is 34.9 Å². The molecule has 1 aromatic carbocycles. The van der Waals surface area contributed by atoms with Gasteiger partial charge in [0.15, 0.2) is 6.29 Å². The summed E-state index contributed by atoms with van der Waals surface area (Å²) in [5.74, 6) is 1.12. The van der Waals surface area contributed by atoms with Gasteiger partial charge in [-0.25, -0.2) is 8.78 Å². The van der Waals surface area contributed by atoms with Crippen LogP contribution >= 0.6 is 0 Å². The molecule has 2 nitrogen and oxygen atoms in total. The van der Waals surface area contributed by atoms with Crippen LogP contribution in [0.3, 0.4) is 0 Å². The van der Waals surface area contributed by atoms with Gasteiger partial charge in [0.1, 0.15) is 11.6 Å². The molecule has 1 saturated heterocycles. The molecule has 0 bridgehead atoms. The van der Waals surface area contributed by atoms with Crippen molar-refractivity contribution < 1.29 is 18.3 Å². The Kier molecular flexibility index (Phi) is 5.88. The van der Waals surface area contributed by atoms with Gasteiger partial charge in [-0.3, -0.25) is 0 Å². The second kappa shape index (κ2) is 7.92. The van der Waals surface area contributed by atoms with Crippen molar-refractivity contribution in [2.45, 2.75) is 58.7 Å². The SMILES string of the molecule is Cc1c(F)cc(CCC2OCC(C3CCC(C)CC3)CO2)cc1F. The Morgan fingerprint density at radius 1 is 0.958 bits per heavy atom. The number of ether oxygens (including phenoxy) is 2. The van der Waals surface area contributed by atoms with Crippen molar-refractivity contribution >= 4 is 0 Å². The van der Waals surface area contributed by atoms with E-state index in [0.29, 0.717) is 24.3 Å². The van der Waals surface area contributed by atoms with Gasteiger partial charge in [-0.2, -0.15) is 0 Å². The van der Waals surface area contributed by atoms with E-state index in [0.717, 1.165) is 25.0 Å². The third kappa shape index (κ3) is 4.34. The van der Waals surface area contributed by atoms with E-state index in [1.165, 1.54) is 44.7 Å². The molecule has 1 aromatic rings. The molecule has 1 aliphatic heterocycles. The largest absolute Gasteiger partial charge is 0.352 e. The number of aryl methyl sites for hydroxylation is 1. The lowest BCUT2D eigenvalue weighted by Gasteiger charge is -2.37. The Labute approximate surface area is 143 Å². The fourth-order valence-corrected chi connectivity index (χ4v) is 3.88. The molecule has 0 spiro atoms. The minimum atomic E-state index is -0.484. The molecule has 0 amide bonds. The second-order valence-corrected chi connectivity index (χ2v) is 7.60. The minimum absolute atomic E-state index is 0.0774. The summed E-state index contributed by atoms with van der Waals surface area (Å²) < 4.78 is 38.9. The molecule has 1 saturated carbocycles. The molecule has 0 aromatic heterocycles. The molecule has 0 atom stereocenters. The highest BCUT2D eigenvalue weighted by atomic mass is 19.1. The van der Waals surface area contributed by atoms with Crippen LogP contribution in [0.25, 0.3) is 0 Å². The van der Waals surface area contributed by atoms with Crippen LogP contribution in [0.2, 0.25) is 0 Å². The zero-order valence-electron chi connectivity index (χ0n) is 14.7. The van der Waals surface area contributed by atoms with Gasteiger partial charge in [-0.15, -0.1) is 0 Å². The fourth-order valence-electron chi connectivity index (χ4n) is 3.88. The van der Waals surface area contributed by atoms with Crippen LogP contribution in [0, 0.1) is 36.3 Å². The maximum absolute atomic E-state index is 13.6. The van der Waals surface area contributed by atoms with Gasteiger partial charge in [0.05, 0.1) is 13.2 Å². The third-order valence-corrected chi connectivity index (χ3v) is 5.73. The molecule has 134 valence electrons. The maximum atomic E-state index is 13.6. The summed E-state index contributed by atoms with van der Waals surface area (Å²) in [7, 11) is 0. The van der Waals surface area contributed by atoms with E-state index in [4.69, 9.17) is 9.47 Å². The number of benzene rings is 1. The molecule has 2 fully saturated rings. The first-order valence-electron chi connectivity index (χ1n) is 9.20. The molecular formula is C20H28F2O2. The Morgan fingerprint density at radius 2 is 1.54 bits per heavy atom. The van der Waals surface area contributed by atoms with Crippen LogP contribution in [0.5, 0.6) is 0 Å². The first-order chi connectivity index (χ1) is 11.5. The Balaban J connectivity index is 1.44. The first kappa shape index (κ1) is 17.8. The molecule has 4 heteroatoms. The molecule has 24 heavy (non-hydrogen) atoms. The lowest BCUT2D eigenvalue weighted by Crippen LogP contribution is -2.37. The molecule has 3 rings (SSSR count). The molecule has 0 N–H and O–H groups in total. The van der Waals surface area contributed by atoms with Crippen LogP contribution in [-0.4, -0.2) is 19.5 Å². The van der Waals surface area contributed by atoms with Crippen LogP contribution in [0.1, 0.15) is 50.2 Å². The third-order valence-electron chi connectivity index (χ3n) is 5.73. The number of hydrogen-bond donors (Lipinski definition) is 0. The van der Waals surface area contributed by atoms with E-state index >= 15 is 0 Å². The summed E-state index contributed by atoms with van der Waals surface area (Å²) in [5, 5.41) is 0. The van der Waals surface area contributed by atoms with Gasteiger partial charge in [0.25, 0.3) is 0 Å². The van der Waals surface area contributed by atoms with E-state index in [-0.39, 0.29) is 11.9 Å². The van der Waals surface area contributed by atoms with Crippen LogP contribution in [0.4, 0.5) is 8.78 Å². The second-order valence-electron chi connectivity index (χ2n) is 7.60. The summed E-state index contributed by atoms with van der Waals surface area (Å²) in [6.07, 6.45) is 6.14. The van der Waals surface area contributed by atoms with Crippen molar-refractivity contribution in [2.75, 3.05) is 13.2 Å². The molecule has 1 heterocycles. The highest BCUT2D eigenvalue weighted by Gasteiger charge is 2.30. The normalized spacial score (nSPS) is 31.2. The summed E-state index contributed by atoms with van der Waals surface area (Å²) in [6, 6.07) is 2.82. The zero-order valence-corrected chi connectivity index (χ0v) is 14.7. The molecule has 0 unspecified atom stereocenters. The summed E-state index contributed by atoms with van der Waals surface area (Å²) >= 11 is 0. The van der Waals surface area contributed by atoms with Gasteiger partial charge >= 0.3 is 0 Å². The standard InChI is InChI=1S/C20H28F2O2/c1-13-3-6-16(7-4-13)17-11-23-20(24-12-17)8-5-15-9-18(21)14(2)19(22)10-15/h9-10,13,16-17,20H,3-8,11-12H2,1-2H3. The first-order valence-corrected chi connectivity index (χ1v) is 9.20. The average Bonchev–Trinajstić information content (AvgIpc) is 2.59. The van der Waals surface area contributed by atoms with Gasteiger partial charge < -0.3 is 9.47 Å². The lowest BCUT2D eigenvalue weighted by molar-refractivity contribution is -0.212. The number of hydrogen-bond acceptors (Lipinski definition) is 2. The molecule has 2 aliphatic rings. The van der Waals surface area contributed by atoms with E-state index in [1.807, 2.05) is 0 Å². The van der Waals surface area contributed by atoms with E-state index in [1.54, 1.807) is 0 Å².